The number of ether oxygens (including phenoxy) is 1. The number of piperidine rings is 1. The second kappa shape index (κ2) is 5.40. The number of rotatable bonds is 4. The normalized spacial score (nSPS) is 22.6. The van der Waals surface area contributed by atoms with Crippen LogP contribution >= 0.6 is 0 Å². The van der Waals surface area contributed by atoms with E-state index >= 15 is 0 Å². The molecule has 0 aromatic heterocycles. The van der Waals surface area contributed by atoms with Gasteiger partial charge < -0.3 is 15.2 Å². The minimum absolute atomic E-state index is 0.00137. The van der Waals surface area contributed by atoms with Crippen molar-refractivity contribution < 1.29 is 19.0 Å². The molecule has 0 amide bonds. The topological polar surface area (TPSA) is 58.6 Å². The predicted molar refractivity (Wildman–Crippen MR) is 71.9 cm³/mol. The fraction of sp³-hybridized carbons (Fsp3) is 0.533. The molecule has 108 valence electrons. The number of halogens is 1. The molecule has 0 bridgehead atoms. The van der Waals surface area contributed by atoms with Crippen molar-refractivity contribution in [1.82, 2.24) is 5.32 Å². The monoisotopic (exact) mass is 279 g/mol. The van der Waals surface area contributed by atoms with Gasteiger partial charge >= 0.3 is 5.97 Å². The highest BCUT2D eigenvalue weighted by molar-refractivity contribution is 5.88. The van der Waals surface area contributed by atoms with Gasteiger partial charge in [0.15, 0.2) is 11.6 Å². The Hall–Kier alpha value is -1.62. The molecule has 1 unspecified atom stereocenters. The summed E-state index contributed by atoms with van der Waals surface area (Å²) in [5.74, 6) is -1.16. The molecule has 0 radical (unpaired) electrons. The lowest BCUT2D eigenvalue weighted by atomic mass is 10.0. The molecule has 1 heterocycles. The first-order chi connectivity index (χ1) is 9.65. The Kier molecular flexibility index (Phi) is 3.61. The van der Waals surface area contributed by atoms with Gasteiger partial charge in [0.1, 0.15) is 6.10 Å². The number of benzene rings is 1. The Morgan fingerprint density at radius 3 is 2.75 bits per heavy atom. The Morgan fingerprint density at radius 1 is 1.35 bits per heavy atom. The quantitative estimate of drug-likeness (QED) is 0.889. The zero-order valence-electron chi connectivity index (χ0n) is 11.2. The number of carboxylic acid groups (broad SMARTS) is 1. The van der Waals surface area contributed by atoms with E-state index in [0.29, 0.717) is 12.1 Å². The largest absolute Gasteiger partial charge is 0.486 e. The highest BCUT2D eigenvalue weighted by atomic mass is 19.1. The molecule has 2 N–H and O–H groups in total. The fourth-order valence-corrected chi connectivity index (χ4v) is 2.65. The van der Waals surface area contributed by atoms with Crippen molar-refractivity contribution in [2.24, 2.45) is 0 Å². The molecule has 1 saturated carbocycles. The first kappa shape index (κ1) is 13.4. The lowest BCUT2D eigenvalue weighted by Gasteiger charge is -2.25. The van der Waals surface area contributed by atoms with Crippen LogP contribution < -0.4 is 10.1 Å². The van der Waals surface area contributed by atoms with Crippen molar-refractivity contribution in [2.75, 3.05) is 13.1 Å². The van der Waals surface area contributed by atoms with Crippen LogP contribution in [0, 0.1) is 5.82 Å². The third-order valence-electron chi connectivity index (χ3n) is 3.87. The smallest absolute Gasteiger partial charge is 0.335 e. The summed E-state index contributed by atoms with van der Waals surface area (Å²) < 4.78 is 20.0. The summed E-state index contributed by atoms with van der Waals surface area (Å²) in [6.07, 6.45) is 3.82. The van der Waals surface area contributed by atoms with Gasteiger partial charge in [0.2, 0.25) is 0 Å². The van der Waals surface area contributed by atoms with E-state index in [2.05, 4.69) is 5.32 Å². The summed E-state index contributed by atoms with van der Waals surface area (Å²) in [6, 6.07) is 2.62. The molecule has 1 aromatic carbocycles. The SMILES string of the molecule is O=C(O)c1cc(F)c(OC2CCCNC2)c(C2CC2)c1. The molecule has 3 rings (SSSR count). The van der Waals surface area contributed by atoms with Gasteiger partial charge in [0.25, 0.3) is 0 Å². The summed E-state index contributed by atoms with van der Waals surface area (Å²) in [5, 5.41) is 12.3. The molecular weight excluding hydrogens is 261 g/mol. The molecule has 4 nitrogen and oxygen atoms in total. The zero-order chi connectivity index (χ0) is 14.1. The average molecular weight is 279 g/mol. The molecule has 2 aliphatic rings. The molecule has 5 heteroatoms. The van der Waals surface area contributed by atoms with E-state index in [1.165, 1.54) is 0 Å². The number of aromatic carboxylic acids is 1. The zero-order valence-corrected chi connectivity index (χ0v) is 11.2. The Labute approximate surface area is 116 Å². The van der Waals surface area contributed by atoms with Crippen molar-refractivity contribution in [3.05, 3.63) is 29.1 Å². The number of carbonyl (C=O) groups is 1. The molecule has 2 fully saturated rings. The third-order valence-corrected chi connectivity index (χ3v) is 3.87. The number of hydrogen-bond acceptors (Lipinski definition) is 3. The van der Waals surface area contributed by atoms with Gasteiger partial charge in [-0.25, -0.2) is 9.18 Å². The maximum absolute atomic E-state index is 14.2. The Morgan fingerprint density at radius 2 is 2.15 bits per heavy atom. The highest BCUT2D eigenvalue weighted by Gasteiger charge is 2.31. The Bertz CT molecular complexity index is 522. The lowest BCUT2D eigenvalue weighted by molar-refractivity contribution is 0.0696. The van der Waals surface area contributed by atoms with Crippen LogP contribution in [0.25, 0.3) is 0 Å². The first-order valence-corrected chi connectivity index (χ1v) is 7.09. The van der Waals surface area contributed by atoms with Crippen LogP contribution in [-0.2, 0) is 0 Å². The molecular formula is C15H18FNO3. The predicted octanol–water partition coefficient (Wildman–Crippen LogP) is 2.53. The fourth-order valence-electron chi connectivity index (χ4n) is 2.65. The third kappa shape index (κ3) is 2.77. The summed E-state index contributed by atoms with van der Waals surface area (Å²) >= 11 is 0. The molecule has 1 saturated heterocycles. The highest BCUT2D eigenvalue weighted by Crippen LogP contribution is 2.46. The molecule has 1 aliphatic heterocycles. The minimum atomic E-state index is -1.10. The van der Waals surface area contributed by atoms with Gasteiger partial charge in [-0.15, -0.1) is 0 Å². The maximum Gasteiger partial charge on any atom is 0.335 e. The van der Waals surface area contributed by atoms with Crippen LogP contribution in [0.3, 0.4) is 0 Å². The molecule has 1 aliphatic carbocycles. The lowest BCUT2D eigenvalue weighted by Crippen LogP contribution is -2.37. The van der Waals surface area contributed by atoms with E-state index in [0.717, 1.165) is 38.3 Å². The van der Waals surface area contributed by atoms with Crippen LogP contribution in [0.1, 0.15) is 47.5 Å². The minimum Gasteiger partial charge on any atom is -0.486 e. The maximum atomic E-state index is 14.2. The van der Waals surface area contributed by atoms with Gasteiger partial charge in [0, 0.05) is 12.1 Å². The van der Waals surface area contributed by atoms with E-state index in [1.54, 1.807) is 6.07 Å². The van der Waals surface area contributed by atoms with E-state index in [4.69, 9.17) is 9.84 Å². The van der Waals surface area contributed by atoms with Crippen LogP contribution in [-0.4, -0.2) is 30.3 Å². The van der Waals surface area contributed by atoms with Crippen molar-refractivity contribution >= 4 is 5.97 Å². The first-order valence-electron chi connectivity index (χ1n) is 7.09. The van der Waals surface area contributed by atoms with Crippen LogP contribution in [0.2, 0.25) is 0 Å². The van der Waals surface area contributed by atoms with Crippen molar-refractivity contribution in [3.63, 3.8) is 0 Å². The number of nitrogens with one attached hydrogen (secondary N) is 1. The van der Waals surface area contributed by atoms with Gasteiger partial charge in [-0.1, -0.05) is 0 Å². The van der Waals surface area contributed by atoms with Gasteiger partial charge in [0.05, 0.1) is 5.56 Å². The second-order valence-corrected chi connectivity index (χ2v) is 5.54. The van der Waals surface area contributed by atoms with Gasteiger partial charge in [-0.2, -0.15) is 0 Å². The van der Waals surface area contributed by atoms with E-state index < -0.39 is 11.8 Å². The summed E-state index contributed by atoms with van der Waals surface area (Å²) in [5.41, 5.74) is 0.714. The molecule has 1 atom stereocenters. The van der Waals surface area contributed by atoms with Crippen molar-refractivity contribution in [1.29, 1.82) is 0 Å². The van der Waals surface area contributed by atoms with Crippen LogP contribution in [0.15, 0.2) is 12.1 Å². The van der Waals surface area contributed by atoms with E-state index in [1.807, 2.05) is 0 Å². The number of carboxylic acids is 1. The summed E-state index contributed by atoms with van der Waals surface area (Å²) in [7, 11) is 0. The number of hydrogen-bond donors (Lipinski definition) is 2. The van der Waals surface area contributed by atoms with Crippen molar-refractivity contribution in [3.8, 4) is 5.75 Å². The van der Waals surface area contributed by atoms with Gasteiger partial charge in [-0.3, -0.25) is 0 Å². The van der Waals surface area contributed by atoms with Gasteiger partial charge in [-0.05, 0) is 50.3 Å². The van der Waals surface area contributed by atoms with E-state index in [-0.39, 0.29) is 23.3 Å². The average Bonchev–Trinajstić information content (AvgIpc) is 3.26. The van der Waals surface area contributed by atoms with Crippen LogP contribution in [0.4, 0.5) is 4.39 Å². The Balaban J connectivity index is 1.89. The summed E-state index contributed by atoms with van der Waals surface area (Å²) in [4.78, 5) is 11.0. The molecule has 20 heavy (non-hydrogen) atoms. The van der Waals surface area contributed by atoms with Crippen molar-refractivity contribution in [2.45, 2.75) is 37.7 Å². The molecule has 1 aromatic rings. The second-order valence-electron chi connectivity index (χ2n) is 5.54. The van der Waals surface area contributed by atoms with Crippen LogP contribution in [0.5, 0.6) is 5.75 Å². The van der Waals surface area contributed by atoms with E-state index in [9.17, 15) is 9.18 Å². The standard InChI is InChI=1S/C15H18FNO3/c16-13-7-10(15(18)19)6-12(9-3-4-9)14(13)20-11-2-1-5-17-8-11/h6-7,9,11,17H,1-5,8H2,(H,18,19). The molecule has 0 spiro atoms. The summed E-state index contributed by atoms with van der Waals surface area (Å²) in [6.45, 7) is 1.68.